The van der Waals surface area contributed by atoms with E-state index in [1.807, 2.05) is 13.1 Å². The van der Waals surface area contributed by atoms with Crippen molar-refractivity contribution in [2.75, 3.05) is 32.5 Å². The molecule has 0 aromatic carbocycles. The minimum atomic E-state index is -0.523. The molecule has 1 amide bonds. The number of anilines is 1. The summed E-state index contributed by atoms with van der Waals surface area (Å²) < 4.78 is 15.9. The van der Waals surface area contributed by atoms with Gasteiger partial charge in [-0.1, -0.05) is 0 Å². The van der Waals surface area contributed by atoms with E-state index in [9.17, 15) is 9.18 Å². The fourth-order valence-electron chi connectivity index (χ4n) is 4.02. The Morgan fingerprint density at radius 1 is 1.32 bits per heavy atom. The zero-order valence-electron chi connectivity index (χ0n) is 17.8. The molecule has 4 rings (SSSR count). The number of fused-ring (bicyclic) bond motifs is 1. The number of pyridine rings is 1. The first-order valence-electron chi connectivity index (χ1n) is 10.2. The number of aryl methyl sites for hydroxylation is 1. The van der Waals surface area contributed by atoms with Crippen LogP contribution in [0, 0.1) is 18.2 Å². The molecule has 31 heavy (non-hydrogen) atoms. The van der Waals surface area contributed by atoms with E-state index in [0.717, 1.165) is 25.2 Å². The summed E-state index contributed by atoms with van der Waals surface area (Å²) in [4.78, 5) is 19.3. The number of hydrogen-bond donors (Lipinski definition) is 4. The normalized spacial score (nSPS) is 20.3. The number of carbonyl (C=O) groups excluding carboxylic acids is 1. The molecule has 1 aliphatic carbocycles. The largest absolute Gasteiger partial charge is 0.393 e. The molecule has 1 atom stereocenters. The number of allylic oxidation sites excluding steroid dienone is 3. The number of rotatable bonds is 5. The van der Waals surface area contributed by atoms with Crippen molar-refractivity contribution in [3.05, 3.63) is 65.2 Å². The first kappa shape index (κ1) is 20.8. The Morgan fingerprint density at radius 2 is 2.13 bits per heavy atom. The van der Waals surface area contributed by atoms with Crippen molar-refractivity contribution in [1.29, 1.82) is 5.41 Å². The van der Waals surface area contributed by atoms with Crippen LogP contribution in [0.2, 0.25) is 0 Å². The first-order valence-corrected chi connectivity index (χ1v) is 10.2. The van der Waals surface area contributed by atoms with Crippen LogP contribution in [0.4, 0.5) is 10.1 Å². The molecule has 0 bridgehead atoms. The molecule has 8 nitrogen and oxygen atoms in total. The number of carbonyl (C=O) groups is 1. The van der Waals surface area contributed by atoms with Gasteiger partial charge < -0.3 is 25.3 Å². The highest BCUT2D eigenvalue weighted by atomic mass is 19.1. The third kappa shape index (κ3) is 3.96. The SMILES string of the molecule is CN/C=C1\C(=N)C(C(=O)Nc2cc(F)c3nc(C)cn3c2)=CC=C1N1CCC(NC)C1. The lowest BCUT2D eigenvalue weighted by molar-refractivity contribution is -0.112. The summed E-state index contributed by atoms with van der Waals surface area (Å²) in [5, 5.41) is 17.6. The van der Waals surface area contributed by atoms with Crippen molar-refractivity contribution in [2.24, 2.45) is 0 Å². The maximum atomic E-state index is 14.3. The molecule has 0 saturated carbocycles. The number of hydrogen-bond acceptors (Lipinski definition) is 6. The average Bonchev–Trinajstić information content (AvgIpc) is 3.35. The summed E-state index contributed by atoms with van der Waals surface area (Å²) >= 11 is 0. The van der Waals surface area contributed by atoms with Crippen molar-refractivity contribution in [3.8, 4) is 0 Å². The molecule has 1 saturated heterocycles. The molecule has 9 heteroatoms. The summed E-state index contributed by atoms with van der Waals surface area (Å²) in [6, 6.07) is 1.64. The van der Waals surface area contributed by atoms with Crippen molar-refractivity contribution < 1.29 is 9.18 Å². The van der Waals surface area contributed by atoms with Gasteiger partial charge in [-0.2, -0.15) is 0 Å². The summed E-state index contributed by atoms with van der Waals surface area (Å²) in [6.07, 6.45) is 9.58. The Balaban J connectivity index is 1.60. The number of likely N-dealkylation sites (tertiary alicyclic amines) is 1. The third-order valence-electron chi connectivity index (χ3n) is 5.58. The minimum Gasteiger partial charge on any atom is -0.393 e. The number of amides is 1. The monoisotopic (exact) mass is 423 g/mol. The van der Waals surface area contributed by atoms with Crippen LogP contribution in [0.5, 0.6) is 0 Å². The van der Waals surface area contributed by atoms with Crippen LogP contribution < -0.4 is 16.0 Å². The molecule has 0 spiro atoms. The molecule has 2 aromatic heterocycles. The predicted octanol–water partition coefficient (Wildman–Crippen LogP) is 1.96. The summed E-state index contributed by atoms with van der Waals surface area (Å²) in [7, 11) is 3.71. The van der Waals surface area contributed by atoms with Crippen LogP contribution >= 0.6 is 0 Å². The van der Waals surface area contributed by atoms with E-state index in [2.05, 4.69) is 25.8 Å². The molecule has 0 radical (unpaired) electrons. The second-order valence-electron chi connectivity index (χ2n) is 7.72. The minimum absolute atomic E-state index is 0.122. The van der Waals surface area contributed by atoms with Crippen LogP contribution in [0.1, 0.15) is 12.1 Å². The van der Waals surface area contributed by atoms with Crippen LogP contribution in [-0.2, 0) is 4.79 Å². The molecule has 1 fully saturated rings. The van der Waals surface area contributed by atoms with Crippen LogP contribution in [-0.4, -0.2) is 59.1 Å². The molecular formula is C22H26FN7O. The summed E-state index contributed by atoms with van der Waals surface area (Å²) in [5.41, 5.74) is 3.09. The number of nitrogens with zero attached hydrogens (tertiary/aromatic N) is 3. The lowest BCUT2D eigenvalue weighted by atomic mass is 9.93. The van der Waals surface area contributed by atoms with Crippen LogP contribution in [0.15, 0.2) is 53.7 Å². The molecule has 1 unspecified atom stereocenters. The smallest absolute Gasteiger partial charge is 0.257 e. The number of halogens is 1. The maximum absolute atomic E-state index is 14.3. The van der Waals surface area contributed by atoms with Gasteiger partial charge in [0.1, 0.15) is 0 Å². The van der Waals surface area contributed by atoms with Crippen molar-refractivity contribution in [2.45, 2.75) is 19.4 Å². The van der Waals surface area contributed by atoms with Gasteiger partial charge in [-0.05, 0) is 32.5 Å². The van der Waals surface area contributed by atoms with Gasteiger partial charge in [0.25, 0.3) is 5.91 Å². The van der Waals surface area contributed by atoms with Gasteiger partial charge in [0.15, 0.2) is 11.5 Å². The number of likely N-dealkylation sites (N-methyl/N-ethyl adjacent to an activating group) is 1. The van der Waals surface area contributed by atoms with Gasteiger partial charge in [0.05, 0.1) is 22.7 Å². The Bertz CT molecular complexity index is 1140. The number of imidazole rings is 1. The Morgan fingerprint density at radius 3 is 2.84 bits per heavy atom. The molecule has 2 aromatic rings. The molecule has 2 aliphatic rings. The standard InChI is InChI=1S/C22H26FN7O/c1-13-10-30-12-15(8-18(23)21(30)27-13)28-22(31)16-4-5-19(17(9-25-2)20(16)24)29-7-6-14(11-29)26-3/h4-5,8-10,12,14,24-26H,6-7,11H2,1-3H3,(H,28,31)/b17-9-,24-20?. The fraction of sp³-hybridized carbons (Fsp3) is 0.318. The van der Waals surface area contributed by atoms with Crippen molar-refractivity contribution in [3.63, 3.8) is 0 Å². The van der Waals surface area contributed by atoms with Gasteiger partial charge >= 0.3 is 0 Å². The first-order chi connectivity index (χ1) is 14.9. The maximum Gasteiger partial charge on any atom is 0.257 e. The summed E-state index contributed by atoms with van der Waals surface area (Å²) in [6.45, 7) is 3.50. The highest BCUT2D eigenvalue weighted by Crippen LogP contribution is 2.28. The summed E-state index contributed by atoms with van der Waals surface area (Å²) in [5.74, 6) is -0.989. The zero-order valence-corrected chi connectivity index (χ0v) is 17.8. The Hall–Kier alpha value is -3.46. The van der Waals surface area contributed by atoms with Gasteiger partial charge in [-0.25, -0.2) is 9.37 Å². The fourth-order valence-corrected chi connectivity index (χ4v) is 4.02. The van der Waals surface area contributed by atoms with E-state index >= 15 is 0 Å². The van der Waals surface area contributed by atoms with Crippen LogP contribution in [0.25, 0.3) is 5.65 Å². The second kappa shape index (κ2) is 8.35. The molecule has 1 aliphatic heterocycles. The van der Waals surface area contributed by atoms with E-state index in [4.69, 9.17) is 5.41 Å². The molecular weight excluding hydrogens is 397 g/mol. The van der Waals surface area contributed by atoms with Gasteiger partial charge in [-0.3, -0.25) is 10.2 Å². The lowest BCUT2D eigenvalue weighted by Gasteiger charge is -2.27. The average molecular weight is 423 g/mol. The second-order valence-corrected chi connectivity index (χ2v) is 7.72. The van der Waals surface area contributed by atoms with Crippen molar-refractivity contribution >= 4 is 23.0 Å². The number of aromatic nitrogens is 2. The highest BCUT2D eigenvalue weighted by Gasteiger charge is 2.30. The third-order valence-corrected chi connectivity index (χ3v) is 5.58. The van der Waals surface area contributed by atoms with E-state index in [1.54, 1.807) is 38.6 Å². The van der Waals surface area contributed by atoms with Crippen molar-refractivity contribution in [1.82, 2.24) is 24.9 Å². The molecule has 4 N–H and O–H groups in total. The number of nitrogens with one attached hydrogen (secondary N) is 4. The Labute approximate surface area is 180 Å². The predicted molar refractivity (Wildman–Crippen MR) is 119 cm³/mol. The topological polar surface area (TPSA) is 97.5 Å². The van der Waals surface area contributed by atoms with Gasteiger partial charge in [0.2, 0.25) is 0 Å². The van der Waals surface area contributed by atoms with E-state index in [1.165, 1.54) is 10.5 Å². The van der Waals surface area contributed by atoms with E-state index < -0.39 is 11.7 Å². The van der Waals surface area contributed by atoms with E-state index in [0.29, 0.717) is 23.0 Å². The molecule has 162 valence electrons. The van der Waals surface area contributed by atoms with Gasteiger partial charge in [-0.15, -0.1) is 0 Å². The van der Waals surface area contributed by atoms with Gasteiger partial charge in [0, 0.05) is 62.1 Å². The lowest BCUT2D eigenvalue weighted by Crippen LogP contribution is -2.33. The molecule has 3 heterocycles. The van der Waals surface area contributed by atoms with Crippen LogP contribution in [0.3, 0.4) is 0 Å². The van der Waals surface area contributed by atoms with E-state index in [-0.39, 0.29) is 16.9 Å². The highest BCUT2D eigenvalue weighted by molar-refractivity contribution is 6.31. The Kier molecular flexibility index (Phi) is 5.60. The zero-order chi connectivity index (χ0) is 22.1. The quantitative estimate of drug-likeness (QED) is 0.590.